The van der Waals surface area contributed by atoms with Crippen LogP contribution in [0.3, 0.4) is 0 Å². The number of imidazole rings is 1. The summed E-state index contributed by atoms with van der Waals surface area (Å²) in [6, 6.07) is 7.50. The number of aryl methyl sites for hydroxylation is 2. The molecule has 1 fully saturated rings. The Morgan fingerprint density at radius 3 is 2.51 bits per heavy atom. The van der Waals surface area contributed by atoms with Gasteiger partial charge in [0, 0.05) is 31.9 Å². The van der Waals surface area contributed by atoms with Gasteiger partial charge in [-0.25, -0.2) is 23.8 Å². The lowest BCUT2D eigenvalue weighted by atomic mass is 10.2. The fourth-order valence-corrected chi connectivity index (χ4v) is 4.29. The molecule has 0 spiro atoms. The maximum Gasteiger partial charge on any atom is 0.410 e. The second-order valence-electron chi connectivity index (χ2n) is 9.91. The monoisotopic (exact) mass is 475 g/mol. The van der Waals surface area contributed by atoms with Gasteiger partial charge in [-0.1, -0.05) is 0 Å². The van der Waals surface area contributed by atoms with E-state index in [0.29, 0.717) is 42.9 Å². The average Bonchev–Trinajstić information content (AvgIpc) is 3.19. The molecule has 10 heteroatoms. The van der Waals surface area contributed by atoms with Crippen molar-refractivity contribution in [2.45, 2.75) is 40.2 Å². The molecule has 0 aliphatic carbocycles. The van der Waals surface area contributed by atoms with Crippen molar-refractivity contribution in [1.29, 1.82) is 0 Å². The SMILES string of the molecule is Cc1cn2nc(-n3cnc4cc(N5CCN(C(=O)OC(C)(C)C)CC5)ccc4c3=O)cc(C)c2n1. The Balaban J connectivity index is 1.38. The van der Waals surface area contributed by atoms with E-state index in [2.05, 4.69) is 20.0 Å². The predicted octanol–water partition coefficient (Wildman–Crippen LogP) is 3.10. The molecular formula is C25H29N7O3. The van der Waals surface area contributed by atoms with Gasteiger partial charge < -0.3 is 14.5 Å². The topological polar surface area (TPSA) is 97.9 Å². The Hall–Kier alpha value is -3.95. The number of nitrogens with zero attached hydrogens (tertiary/aromatic N) is 7. The standard InChI is InChI=1S/C25H29N7O3/c1-16-12-21(28-32-14-17(2)27-22(16)32)31-15-26-20-13-18(6-7-19(20)23(31)33)29-8-10-30(11-9-29)24(34)35-25(3,4)5/h6-7,12-15H,8-11H2,1-5H3. The molecule has 1 amide bonds. The first kappa shape index (κ1) is 22.8. The summed E-state index contributed by atoms with van der Waals surface area (Å²) >= 11 is 0. The Bertz CT molecular complexity index is 1490. The van der Waals surface area contributed by atoms with Crippen LogP contribution in [0.5, 0.6) is 0 Å². The summed E-state index contributed by atoms with van der Waals surface area (Å²) in [5, 5.41) is 5.07. The molecule has 0 radical (unpaired) electrons. The largest absolute Gasteiger partial charge is 0.444 e. The first-order valence-corrected chi connectivity index (χ1v) is 11.7. The van der Waals surface area contributed by atoms with Gasteiger partial charge in [0.15, 0.2) is 11.5 Å². The van der Waals surface area contributed by atoms with E-state index in [4.69, 9.17) is 4.74 Å². The second-order valence-corrected chi connectivity index (χ2v) is 9.91. The zero-order valence-corrected chi connectivity index (χ0v) is 20.6. The highest BCUT2D eigenvalue weighted by Gasteiger charge is 2.26. The number of aromatic nitrogens is 5. The third-order valence-corrected chi connectivity index (χ3v) is 6.00. The van der Waals surface area contributed by atoms with Gasteiger partial charge in [-0.2, -0.15) is 0 Å². The molecule has 0 saturated carbocycles. The molecule has 10 nitrogen and oxygen atoms in total. The summed E-state index contributed by atoms with van der Waals surface area (Å²) in [5.74, 6) is 0.495. The lowest BCUT2D eigenvalue weighted by molar-refractivity contribution is 0.0240. The summed E-state index contributed by atoms with van der Waals surface area (Å²) in [6.07, 6.45) is 3.07. The Morgan fingerprint density at radius 2 is 1.80 bits per heavy atom. The van der Waals surface area contributed by atoms with E-state index in [1.54, 1.807) is 9.42 Å². The summed E-state index contributed by atoms with van der Waals surface area (Å²) in [7, 11) is 0. The fraction of sp³-hybridized carbons (Fsp3) is 0.400. The molecule has 1 aromatic carbocycles. The fourth-order valence-electron chi connectivity index (χ4n) is 4.29. The minimum Gasteiger partial charge on any atom is -0.444 e. The van der Waals surface area contributed by atoms with E-state index in [0.717, 1.165) is 22.6 Å². The lowest BCUT2D eigenvalue weighted by Crippen LogP contribution is -2.50. The minimum atomic E-state index is -0.511. The Kier molecular flexibility index (Phi) is 5.46. The van der Waals surface area contributed by atoms with E-state index in [1.807, 2.05) is 65.1 Å². The zero-order chi connectivity index (χ0) is 24.9. The Morgan fingerprint density at radius 1 is 1.06 bits per heavy atom. The van der Waals surface area contributed by atoms with Crippen molar-refractivity contribution in [1.82, 2.24) is 29.0 Å². The molecule has 0 N–H and O–H groups in total. The number of hydrogen-bond donors (Lipinski definition) is 0. The van der Waals surface area contributed by atoms with Crippen molar-refractivity contribution in [3.05, 3.63) is 58.4 Å². The molecule has 0 atom stereocenters. The van der Waals surface area contributed by atoms with Crippen molar-refractivity contribution < 1.29 is 9.53 Å². The van der Waals surface area contributed by atoms with Gasteiger partial charge in [-0.3, -0.25) is 4.79 Å². The number of fused-ring (bicyclic) bond motifs is 2. The van der Waals surface area contributed by atoms with Gasteiger partial charge in [-0.05, 0) is 64.4 Å². The number of amides is 1. The van der Waals surface area contributed by atoms with Crippen LogP contribution in [0.4, 0.5) is 10.5 Å². The van der Waals surface area contributed by atoms with Gasteiger partial charge in [0.2, 0.25) is 0 Å². The third kappa shape index (κ3) is 4.43. The number of hydrogen-bond acceptors (Lipinski definition) is 7. The van der Waals surface area contributed by atoms with E-state index in [-0.39, 0.29) is 11.7 Å². The maximum absolute atomic E-state index is 13.3. The summed E-state index contributed by atoms with van der Waals surface area (Å²) < 4.78 is 8.63. The predicted molar refractivity (Wildman–Crippen MR) is 133 cm³/mol. The van der Waals surface area contributed by atoms with Crippen molar-refractivity contribution in [2.24, 2.45) is 0 Å². The van der Waals surface area contributed by atoms with Gasteiger partial charge in [0.05, 0.1) is 22.8 Å². The Labute approximate surface area is 202 Å². The van der Waals surface area contributed by atoms with Crippen LogP contribution in [0.1, 0.15) is 32.0 Å². The number of rotatable bonds is 2. The van der Waals surface area contributed by atoms with Crippen molar-refractivity contribution >= 4 is 28.3 Å². The van der Waals surface area contributed by atoms with Crippen LogP contribution in [-0.2, 0) is 4.74 Å². The number of carbonyl (C=O) groups is 1. The first-order valence-electron chi connectivity index (χ1n) is 11.7. The molecule has 4 aromatic rings. The lowest BCUT2D eigenvalue weighted by Gasteiger charge is -2.36. The van der Waals surface area contributed by atoms with Gasteiger partial charge in [0.25, 0.3) is 5.56 Å². The quantitative estimate of drug-likeness (QED) is 0.439. The summed E-state index contributed by atoms with van der Waals surface area (Å²) in [5.41, 5.74) is 3.45. The number of benzene rings is 1. The molecule has 0 bridgehead atoms. The van der Waals surface area contributed by atoms with E-state index in [9.17, 15) is 9.59 Å². The maximum atomic E-state index is 13.3. The molecule has 0 unspecified atom stereocenters. The smallest absolute Gasteiger partial charge is 0.410 e. The average molecular weight is 476 g/mol. The molecule has 5 rings (SSSR count). The van der Waals surface area contributed by atoms with Crippen molar-refractivity contribution in [3.8, 4) is 5.82 Å². The van der Waals surface area contributed by atoms with E-state index < -0.39 is 5.60 Å². The highest BCUT2D eigenvalue weighted by atomic mass is 16.6. The van der Waals surface area contributed by atoms with Gasteiger partial charge >= 0.3 is 6.09 Å². The number of carbonyl (C=O) groups excluding carboxylic acids is 1. The van der Waals surface area contributed by atoms with Crippen LogP contribution >= 0.6 is 0 Å². The number of ether oxygens (including phenoxy) is 1. The first-order chi connectivity index (χ1) is 16.6. The van der Waals surface area contributed by atoms with Crippen LogP contribution in [-0.4, -0.2) is 66.9 Å². The molecule has 1 aliphatic heterocycles. The van der Waals surface area contributed by atoms with Crippen LogP contribution < -0.4 is 10.5 Å². The number of anilines is 1. The molecule has 35 heavy (non-hydrogen) atoms. The molecule has 3 aromatic heterocycles. The van der Waals surface area contributed by atoms with Gasteiger partial charge in [0.1, 0.15) is 11.9 Å². The van der Waals surface area contributed by atoms with Crippen molar-refractivity contribution in [3.63, 3.8) is 0 Å². The third-order valence-electron chi connectivity index (χ3n) is 6.00. The highest BCUT2D eigenvalue weighted by Crippen LogP contribution is 2.22. The van der Waals surface area contributed by atoms with Gasteiger partial charge in [-0.15, -0.1) is 5.10 Å². The molecule has 1 aliphatic rings. The van der Waals surface area contributed by atoms with E-state index >= 15 is 0 Å². The molecule has 182 valence electrons. The minimum absolute atomic E-state index is 0.181. The van der Waals surface area contributed by atoms with E-state index in [1.165, 1.54) is 10.9 Å². The summed E-state index contributed by atoms with van der Waals surface area (Å²) in [4.78, 5) is 38.6. The van der Waals surface area contributed by atoms with Crippen LogP contribution in [0.15, 0.2) is 41.6 Å². The van der Waals surface area contributed by atoms with Crippen LogP contribution in [0, 0.1) is 13.8 Å². The van der Waals surface area contributed by atoms with Crippen LogP contribution in [0.25, 0.3) is 22.4 Å². The molecule has 1 saturated heterocycles. The molecular weight excluding hydrogens is 446 g/mol. The zero-order valence-electron chi connectivity index (χ0n) is 20.6. The molecule has 4 heterocycles. The van der Waals surface area contributed by atoms with Crippen LogP contribution in [0.2, 0.25) is 0 Å². The normalized spacial score (nSPS) is 14.7. The highest BCUT2D eigenvalue weighted by molar-refractivity contribution is 5.82. The van der Waals surface area contributed by atoms with Crippen molar-refractivity contribution in [2.75, 3.05) is 31.1 Å². The number of piperazine rings is 1. The second kappa shape index (κ2) is 8.37. The summed E-state index contributed by atoms with van der Waals surface area (Å²) in [6.45, 7) is 12.0.